The molecular weight excluding hydrogens is 342 g/mol. The van der Waals surface area contributed by atoms with E-state index in [-0.39, 0.29) is 6.04 Å². The van der Waals surface area contributed by atoms with Crippen LogP contribution in [-0.2, 0) is 0 Å². The summed E-state index contributed by atoms with van der Waals surface area (Å²) >= 11 is 9.47. The van der Waals surface area contributed by atoms with E-state index in [0.717, 1.165) is 28.1 Å². The van der Waals surface area contributed by atoms with E-state index >= 15 is 0 Å². The summed E-state index contributed by atoms with van der Waals surface area (Å²) < 4.78 is 12.0. The monoisotopic (exact) mass is 357 g/mol. The van der Waals surface area contributed by atoms with Gasteiger partial charge >= 0.3 is 0 Å². The molecule has 3 nitrogen and oxygen atoms in total. The molecule has 1 aromatic carbocycles. The first-order valence-corrected chi connectivity index (χ1v) is 7.73. The van der Waals surface area contributed by atoms with Gasteiger partial charge in [-0.2, -0.15) is 0 Å². The highest BCUT2D eigenvalue weighted by atomic mass is 79.9. The number of hydrogen-bond donors (Lipinski definition) is 1. The normalized spacial score (nSPS) is 12.4. The van der Waals surface area contributed by atoms with Crippen LogP contribution in [0.4, 0.5) is 0 Å². The molecule has 1 N–H and O–H groups in total. The van der Waals surface area contributed by atoms with Crippen LogP contribution < -0.4 is 10.1 Å². The molecule has 1 atom stereocenters. The second-order valence-corrected chi connectivity index (χ2v) is 5.48. The summed E-state index contributed by atoms with van der Waals surface area (Å²) in [4.78, 5) is 0. The maximum atomic E-state index is 5.87. The van der Waals surface area contributed by atoms with E-state index in [0.29, 0.717) is 11.8 Å². The van der Waals surface area contributed by atoms with Crippen LogP contribution in [0.1, 0.15) is 31.2 Å². The number of halogens is 2. The number of benzene rings is 1. The third-order valence-electron chi connectivity index (χ3n) is 2.88. The van der Waals surface area contributed by atoms with Gasteiger partial charge in [0.05, 0.1) is 12.6 Å². The lowest BCUT2D eigenvalue weighted by Crippen LogP contribution is -2.21. The van der Waals surface area contributed by atoms with Gasteiger partial charge in [0.2, 0.25) is 0 Å². The third-order valence-corrected chi connectivity index (χ3v) is 3.77. The fraction of sp³-hybridized carbons (Fsp3) is 0.333. The van der Waals surface area contributed by atoms with Gasteiger partial charge in [-0.15, -0.1) is 0 Å². The molecule has 0 fully saturated rings. The minimum atomic E-state index is -0.0439. The molecule has 0 aliphatic carbocycles. The molecule has 0 spiro atoms. The van der Waals surface area contributed by atoms with E-state index in [9.17, 15) is 0 Å². The van der Waals surface area contributed by atoms with Gasteiger partial charge in [0, 0.05) is 4.47 Å². The van der Waals surface area contributed by atoms with Crippen LogP contribution in [0.3, 0.4) is 0 Å². The van der Waals surface area contributed by atoms with Crippen molar-refractivity contribution in [2.45, 2.75) is 19.9 Å². The van der Waals surface area contributed by atoms with Crippen LogP contribution in [0.15, 0.2) is 39.2 Å². The molecule has 0 saturated heterocycles. The molecule has 108 valence electrons. The summed E-state index contributed by atoms with van der Waals surface area (Å²) in [5.74, 6) is 1.64. The summed E-state index contributed by atoms with van der Waals surface area (Å²) in [5, 5.41) is 3.79. The van der Waals surface area contributed by atoms with Crippen molar-refractivity contribution in [1.82, 2.24) is 5.32 Å². The second-order valence-electron chi connectivity index (χ2n) is 4.25. The summed E-state index contributed by atoms with van der Waals surface area (Å²) in [5.41, 5.74) is 1.08. The first kappa shape index (κ1) is 15.4. The average molecular weight is 359 g/mol. The molecular formula is C15H17BrClNO2. The molecule has 0 bridgehead atoms. The van der Waals surface area contributed by atoms with Crippen molar-refractivity contribution >= 4 is 27.5 Å². The lowest BCUT2D eigenvalue weighted by atomic mass is 10.0. The van der Waals surface area contributed by atoms with Gasteiger partial charge in [0.15, 0.2) is 5.22 Å². The zero-order valence-electron chi connectivity index (χ0n) is 11.5. The Morgan fingerprint density at radius 2 is 2.10 bits per heavy atom. The van der Waals surface area contributed by atoms with Crippen molar-refractivity contribution in [2.24, 2.45) is 0 Å². The highest BCUT2D eigenvalue weighted by Gasteiger charge is 2.19. The highest BCUT2D eigenvalue weighted by molar-refractivity contribution is 9.10. The lowest BCUT2D eigenvalue weighted by molar-refractivity contribution is 0.339. The minimum absolute atomic E-state index is 0.0439. The molecule has 5 heteroatoms. The Bertz CT molecular complexity index is 571. The van der Waals surface area contributed by atoms with Gasteiger partial charge in [0.1, 0.15) is 11.5 Å². The van der Waals surface area contributed by atoms with Crippen molar-refractivity contribution in [1.29, 1.82) is 0 Å². The maximum absolute atomic E-state index is 5.87. The SMILES string of the molecule is CCNC(c1ccc(Cl)o1)c1ccc(OCC)cc1Br. The van der Waals surface area contributed by atoms with Crippen molar-refractivity contribution < 1.29 is 9.15 Å². The number of hydrogen-bond acceptors (Lipinski definition) is 3. The molecule has 0 amide bonds. The van der Waals surface area contributed by atoms with Gasteiger partial charge in [-0.3, -0.25) is 0 Å². The van der Waals surface area contributed by atoms with Crippen LogP contribution >= 0.6 is 27.5 Å². The van der Waals surface area contributed by atoms with Gasteiger partial charge < -0.3 is 14.5 Å². The Labute approximate surface area is 132 Å². The predicted molar refractivity (Wildman–Crippen MR) is 84.5 cm³/mol. The van der Waals surface area contributed by atoms with E-state index < -0.39 is 0 Å². The Morgan fingerprint density at radius 3 is 2.65 bits per heavy atom. The van der Waals surface area contributed by atoms with E-state index in [1.165, 1.54) is 0 Å². The summed E-state index contributed by atoms with van der Waals surface area (Å²) in [6.07, 6.45) is 0. The van der Waals surface area contributed by atoms with E-state index in [1.807, 2.05) is 31.2 Å². The molecule has 1 aromatic heterocycles. The maximum Gasteiger partial charge on any atom is 0.193 e. The van der Waals surface area contributed by atoms with Crippen molar-refractivity contribution in [3.8, 4) is 5.75 Å². The van der Waals surface area contributed by atoms with Crippen LogP contribution in [0, 0.1) is 0 Å². The second kappa shape index (κ2) is 7.16. The smallest absolute Gasteiger partial charge is 0.193 e. The first-order chi connectivity index (χ1) is 9.65. The molecule has 0 aliphatic rings. The molecule has 0 saturated carbocycles. The molecule has 20 heavy (non-hydrogen) atoms. The van der Waals surface area contributed by atoms with Gasteiger partial charge in [-0.05, 0) is 54.9 Å². The van der Waals surface area contributed by atoms with E-state index in [4.69, 9.17) is 20.8 Å². The summed E-state index contributed by atoms with van der Waals surface area (Å²) in [6, 6.07) is 9.55. The lowest BCUT2D eigenvalue weighted by Gasteiger charge is -2.18. The zero-order chi connectivity index (χ0) is 14.5. The zero-order valence-corrected chi connectivity index (χ0v) is 13.8. The first-order valence-electron chi connectivity index (χ1n) is 6.56. The highest BCUT2D eigenvalue weighted by Crippen LogP contribution is 2.33. The molecule has 1 heterocycles. The van der Waals surface area contributed by atoms with Gasteiger partial charge in [-0.1, -0.05) is 28.9 Å². The van der Waals surface area contributed by atoms with Crippen LogP contribution in [0.25, 0.3) is 0 Å². The fourth-order valence-electron chi connectivity index (χ4n) is 2.05. The molecule has 0 radical (unpaired) electrons. The Balaban J connectivity index is 2.34. The van der Waals surface area contributed by atoms with Crippen LogP contribution in [-0.4, -0.2) is 13.2 Å². The fourth-order valence-corrected chi connectivity index (χ4v) is 2.79. The van der Waals surface area contributed by atoms with Crippen molar-refractivity contribution in [3.63, 3.8) is 0 Å². The minimum Gasteiger partial charge on any atom is -0.494 e. The number of nitrogens with one attached hydrogen (secondary N) is 1. The van der Waals surface area contributed by atoms with Crippen molar-refractivity contribution in [2.75, 3.05) is 13.2 Å². The number of ether oxygens (including phenoxy) is 1. The standard InChI is InChI=1S/C15H17BrClNO2/c1-3-18-15(13-7-8-14(17)20-13)11-6-5-10(19-4-2)9-12(11)16/h5-9,15,18H,3-4H2,1-2H3. The van der Waals surface area contributed by atoms with E-state index in [1.54, 1.807) is 6.07 Å². The van der Waals surface area contributed by atoms with Crippen LogP contribution in [0.5, 0.6) is 5.75 Å². The summed E-state index contributed by atoms with van der Waals surface area (Å²) in [7, 11) is 0. The topological polar surface area (TPSA) is 34.4 Å². The van der Waals surface area contributed by atoms with Crippen LogP contribution in [0.2, 0.25) is 5.22 Å². The van der Waals surface area contributed by atoms with E-state index in [2.05, 4.69) is 28.2 Å². The van der Waals surface area contributed by atoms with Gasteiger partial charge in [-0.25, -0.2) is 0 Å². The Kier molecular flexibility index (Phi) is 5.52. The average Bonchev–Trinajstić information content (AvgIpc) is 2.84. The molecule has 0 aliphatic heterocycles. The quantitative estimate of drug-likeness (QED) is 0.806. The summed E-state index contributed by atoms with van der Waals surface area (Å²) in [6.45, 7) is 5.49. The largest absolute Gasteiger partial charge is 0.494 e. The molecule has 2 aromatic rings. The molecule has 1 unspecified atom stereocenters. The number of rotatable bonds is 6. The molecule has 2 rings (SSSR count). The Morgan fingerprint density at radius 1 is 1.30 bits per heavy atom. The third kappa shape index (κ3) is 3.57. The van der Waals surface area contributed by atoms with Gasteiger partial charge in [0.25, 0.3) is 0 Å². The number of furan rings is 1. The predicted octanol–water partition coefficient (Wildman–Crippen LogP) is 4.79. The van der Waals surface area contributed by atoms with Crippen molar-refractivity contribution in [3.05, 3.63) is 51.3 Å². The Hall–Kier alpha value is -0.970.